The number of rotatable bonds is 4. The summed E-state index contributed by atoms with van der Waals surface area (Å²) < 4.78 is 1.74. The van der Waals surface area contributed by atoms with Gasteiger partial charge in [-0.05, 0) is 53.6 Å². The molecule has 1 saturated carbocycles. The maximum absolute atomic E-state index is 10.4. The SMILES string of the molecule is CC1CCC(O)(CNCc2cc(Br)c(Cl)s2)CC1. The fourth-order valence-electron chi connectivity index (χ4n) is 2.37. The van der Waals surface area contributed by atoms with Gasteiger partial charge in [-0.3, -0.25) is 0 Å². The van der Waals surface area contributed by atoms with Crippen molar-refractivity contribution in [2.45, 2.75) is 44.8 Å². The first kappa shape index (κ1) is 14.8. The highest BCUT2D eigenvalue weighted by molar-refractivity contribution is 9.10. The largest absolute Gasteiger partial charge is 0.389 e. The van der Waals surface area contributed by atoms with E-state index in [-0.39, 0.29) is 0 Å². The zero-order valence-electron chi connectivity index (χ0n) is 10.5. The Morgan fingerprint density at radius 3 is 2.78 bits per heavy atom. The van der Waals surface area contributed by atoms with E-state index in [0.29, 0.717) is 6.54 Å². The van der Waals surface area contributed by atoms with Gasteiger partial charge in [0.05, 0.1) is 5.60 Å². The van der Waals surface area contributed by atoms with E-state index in [9.17, 15) is 5.11 Å². The maximum Gasteiger partial charge on any atom is 0.107 e. The highest BCUT2D eigenvalue weighted by Gasteiger charge is 2.31. The molecule has 0 aromatic carbocycles. The molecular weight excluding hydrogens is 334 g/mol. The third kappa shape index (κ3) is 3.94. The van der Waals surface area contributed by atoms with E-state index in [1.807, 2.05) is 6.07 Å². The zero-order chi connectivity index (χ0) is 13.2. The topological polar surface area (TPSA) is 32.3 Å². The number of thiophene rings is 1. The van der Waals surface area contributed by atoms with Crippen LogP contribution in [0.5, 0.6) is 0 Å². The average molecular weight is 353 g/mol. The van der Waals surface area contributed by atoms with Crippen molar-refractivity contribution >= 4 is 38.9 Å². The standard InChI is InChI=1S/C13H19BrClNOS/c1-9-2-4-13(17,5-3-9)8-16-7-10-6-11(14)12(15)18-10/h6,9,16-17H,2-5,7-8H2,1H3. The van der Waals surface area contributed by atoms with Gasteiger partial charge in [-0.2, -0.15) is 0 Å². The number of halogens is 2. The highest BCUT2D eigenvalue weighted by atomic mass is 79.9. The summed E-state index contributed by atoms with van der Waals surface area (Å²) >= 11 is 11.0. The molecule has 1 aromatic rings. The van der Waals surface area contributed by atoms with Crippen LogP contribution >= 0.6 is 38.9 Å². The van der Waals surface area contributed by atoms with Gasteiger partial charge in [0, 0.05) is 22.4 Å². The Kier molecular flexibility index (Phi) is 5.12. The van der Waals surface area contributed by atoms with E-state index in [1.165, 1.54) is 4.88 Å². The second-order valence-corrected chi connectivity index (χ2v) is 7.94. The summed E-state index contributed by atoms with van der Waals surface area (Å²) in [5.41, 5.74) is -0.509. The molecule has 0 spiro atoms. The molecule has 0 aliphatic heterocycles. The van der Waals surface area contributed by atoms with Crippen molar-refractivity contribution in [1.29, 1.82) is 0 Å². The maximum atomic E-state index is 10.4. The Balaban J connectivity index is 1.78. The quantitative estimate of drug-likeness (QED) is 0.851. The molecule has 1 aliphatic carbocycles. The fourth-order valence-corrected chi connectivity index (χ4v) is 4.13. The van der Waals surface area contributed by atoms with Crippen LogP contribution in [0, 0.1) is 5.92 Å². The Morgan fingerprint density at radius 2 is 2.22 bits per heavy atom. The van der Waals surface area contributed by atoms with Crippen LogP contribution in [0.2, 0.25) is 4.34 Å². The minimum Gasteiger partial charge on any atom is -0.389 e. The third-order valence-electron chi connectivity index (χ3n) is 3.65. The first-order chi connectivity index (χ1) is 8.48. The van der Waals surface area contributed by atoms with Gasteiger partial charge in [-0.1, -0.05) is 18.5 Å². The molecule has 5 heteroatoms. The molecule has 102 valence electrons. The van der Waals surface area contributed by atoms with E-state index < -0.39 is 5.60 Å². The summed E-state index contributed by atoms with van der Waals surface area (Å²) in [7, 11) is 0. The van der Waals surface area contributed by atoms with Crippen molar-refractivity contribution in [3.05, 3.63) is 19.8 Å². The third-order valence-corrected chi connectivity index (χ3v) is 6.13. The van der Waals surface area contributed by atoms with E-state index in [4.69, 9.17) is 11.6 Å². The Bertz CT molecular complexity index is 382. The predicted molar refractivity (Wildman–Crippen MR) is 81.3 cm³/mol. The summed E-state index contributed by atoms with van der Waals surface area (Å²) in [6, 6.07) is 2.03. The van der Waals surface area contributed by atoms with Crippen LogP contribution < -0.4 is 5.32 Å². The van der Waals surface area contributed by atoms with Gasteiger partial charge in [0.1, 0.15) is 4.34 Å². The molecule has 0 radical (unpaired) electrons. The molecule has 0 saturated heterocycles. The van der Waals surface area contributed by atoms with Gasteiger partial charge < -0.3 is 10.4 Å². The summed E-state index contributed by atoms with van der Waals surface area (Å²) in [4.78, 5) is 1.19. The first-order valence-corrected chi connectivity index (χ1v) is 8.34. The lowest BCUT2D eigenvalue weighted by Crippen LogP contribution is -2.43. The molecular formula is C13H19BrClNOS. The normalized spacial score (nSPS) is 28.6. The minimum absolute atomic E-state index is 0.509. The summed E-state index contributed by atoms with van der Waals surface area (Å²) in [6.45, 7) is 3.71. The Labute approximate surface area is 126 Å². The molecule has 2 N–H and O–H groups in total. The molecule has 2 nitrogen and oxygen atoms in total. The molecule has 0 bridgehead atoms. The molecule has 0 unspecified atom stereocenters. The van der Waals surface area contributed by atoms with Gasteiger partial charge in [-0.15, -0.1) is 11.3 Å². The molecule has 1 fully saturated rings. The highest BCUT2D eigenvalue weighted by Crippen LogP contribution is 2.33. The van der Waals surface area contributed by atoms with Crippen LogP contribution in [0.1, 0.15) is 37.5 Å². The van der Waals surface area contributed by atoms with Gasteiger partial charge in [-0.25, -0.2) is 0 Å². The number of nitrogens with one attached hydrogen (secondary N) is 1. The average Bonchev–Trinajstić information content (AvgIpc) is 2.63. The van der Waals surface area contributed by atoms with Crippen molar-refractivity contribution in [2.24, 2.45) is 5.92 Å². The van der Waals surface area contributed by atoms with Gasteiger partial charge in [0.2, 0.25) is 0 Å². The van der Waals surface area contributed by atoms with Crippen LogP contribution in [0.4, 0.5) is 0 Å². The number of hydrogen-bond donors (Lipinski definition) is 2. The fraction of sp³-hybridized carbons (Fsp3) is 0.692. The van der Waals surface area contributed by atoms with Crippen LogP contribution in [0.15, 0.2) is 10.5 Å². The smallest absolute Gasteiger partial charge is 0.107 e. The van der Waals surface area contributed by atoms with Crippen molar-refractivity contribution in [1.82, 2.24) is 5.32 Å². The van der Waals surface area contributed by atoms with Crippen LogP contribution in [-0.4, -0.2) is 17.3 Å². The van der Waals surface area contributed by atoms with E-state index in [1.54, 1.807) is 11.3 Å². The molecule has 2 rings (SSSR count). The lowest BCUT2D eigenvalue weighted by Gasteiger charge is -2.35. The van der Waals surface area contributed by atoms with Gasteiger partial charge in [0.25, 0.3) is 0 Å². The molecule has 18 heavy (non-hydrogen) atoms. The van der Waals surface area contributed by atoms with Crippen molar-refractivity contribution in [3.8, 4) is 0 Å². The van der Waals surface area contributed by atoms with Crippen LogP contribution in [0.3, 0.4) is 0 Å². The second-order valence-electron chi connectivity index (χ2n) is 5.34. The molecule has 0 atom stereocenters. The van der Waals surface area contributed by atoms with E-state index in [0.717, 1.165) is 47.0 Å². The molecule has 1 heterocycles. The monoisotopic (exact) mass is 351 g/mol. The molecule has 1 aromatic heterocycles. The predicted octanol–water partition coefficient (Wildman–Crippen LogP) is 4.19. The Morgan fingerprint density at radius 1 is 1.56 bits per heavy atom. The lowest BCUT2D eigenvalue weighted by molar-refractivity contribution is -0.00625. The minimum atomic E-state index is -0.509. The van der Waals surface area contributed by atoms with Crippen molar-refractivity contribution in [2.75, 3.05) is 6.54 Å². The number of aliphatic hydroxyl groups is 1. The lowest BCUT2D eigenvalue weighted by atomic mass is 9.79. The Hall–Kier alpha value is 0.390. The second kappa shape index (κ2) is 6.23. The van der Waals surface area contributed by atoms with Crippen LogP contribution in [0.25, 0.3) is 0 Å². The zero-order valence-corrected chi connectivity index (χ0v) is 13.7. The summed E-state index contributed by atoms with van der Waals surface area (Å²) in [6.07, 6.45) is 4.09. The van der Waals surface area contributed by atoms with Crippen molar-refractivity contribution in [3.63, 3.8) is 0 Å². The van der Waals surface area contributed by atoms with Crippen molar-refractivity contribution < 1.29 is 5.11 Å². The summed E-state index contributed by atoms with van der Waals surface area (Å²) in [5.74, 6) is 0.761. The van der Waals surface area contributed by atoms with Crippen LogP contribution in [-0.2, 0) is 6.54 Å². The van der Waals surface area contributed by atoms with E-state index in [2.05, 4.69) is 28.2 Å². The van der Waals surface area contributed by atoms with Gasteiger partial charge >= 0.3 is 0 Å². The van der Waals surface area contributed by atoms with Gasteiger partial charge in [0.15, 0.2) is 0 Å². The molecule has 0 amide bonds. The first-order valence-electron chi connectivity index (χ1n) is 6.35. The summed E-state index contributed by atoms with van der Waals surface area (Å²) in [5, 5.41) is 13.8. The molecule has 1 aliphatic rings. The number of hydrogen-bond acceptors (Lipinski definition) is 3. The van der Waals surface area contributed by atoms with E-state index >= 15 is 0 Å².